The number of anilines is 1. The van der Waals surface area contributed by atoms with Crippen molar-refractivity contribution in [1.29, 1.82) is 5.26 Å². The van der Waals surface area contributed by atoms with Gasteiger partial charge in [-0.3, -0.25) is 4.79 Å². The first kappa shape index (κ1) is 12.9. The average Bonchev–Trinajstić information content (AvgIpc) is 2.71. The zero-order valence-corrected chi connectivity index (χ0v) is 10.6. The average molecular weight is 258 g/mol. The predicted molar refractivity (Wildman–Crippen MR) is 69.4 cm³/mol. The molecule has 1 saturated heterocycles. The Hall–Kier alpha value is -2.55. The quantitative estimate of drug-likeness (QED) is 0.873. The van der Waals surface area contributed by atoms with Crippen molar-refractivity contribution >= 4 is 17.6 Å². The van der Waals surface area contributed by atoms with E-state index >= 15 is 0 Å². The van der Waals surface area contributed by atoms with Crippen molar-refractivity contribution in [3.8, 4) is 6.07 Å². The van der Waals surface area contributed by atoms with Crippen LogP contribution < -0.4 is 5.32 Å². The molecule has 0 aromatic heterocycles. The van der Waals surface area contributed by atoms with Crippen molar-refractivity contribution in [2.24, 2.45) is 0 Å². The third-order valence-electron chi connectivity index (χ3n) is 2.93. The molecule has 1 aliphatic rings. The lowest BCUT2D eigenvalue weighted by atomic mass is 10.2. The zero-order chi connectivity index (χ0) is 13.8. The van der Waals surface area contributed by atoms with Gasteiger partial charge in [-0.2, -0.15) is 5.26 Å². The number of urea groups is 1. The van der Waals surface area contributed by atoms with E-state index in [4.69, 9.17) is 5.26 Å². The first-order valence-electron chi connectivity index (χ1n) is 5.90. The smallest absolute Gasteiger partial charge is 0.320 e. The Morgan fingerprint density at radius 1 is 1.37 bits per heavy atom. The van der Waals surface area contributed by atoms with Crippen LogP contribution in [0, 0.1) is 11.3 Å². The number of amides is 3. The van der Waals surface area contributed by atoms with E-state index < -0.39 is 0 Å². The standard InChI is InChI=1S/C13H14N4O2/c1-16-6-7-17(13(16)19)9-12(18)15-11-4-2-10(8-14)3-5-11/h2-5H,6-7,9H2,1H3,(H,15,18). The fourth-order valence-corrected chi connectivity index (χ4v) is 1.85. The zero-order valence-electron chi connectivity index (χ0n) is 10.6. The monoisotopic (exact) mass is 258 g/mol. The number of hydrogen-bond acceptors (Lipinski definition) is 3. The lowest BCUT2D eigenvalue weighted by Gasteiger charge is -2.15. The first-order valence-corrected chi connectivity index (χ1v) is 5.90. The highest BCUT2D eigenvalue weighted by molar-refractivity contribution is 5.94. The van der Waals surface area contributed by atoms with Crippen LogP contribution in [0.2, 0.25) is 0 Å². The molecular weight excluding hydrogens is 244 g/mol. The van der Waals surface area contributed by atoms with Gasteiger partial charge in [0, 0.05) is 25.8 Å². The predicted octanol–water partition coefficient (Wildman–Crippen LogP) is 0.864. The van der Waals surface area contributed by atoms with Gasteiger partial charge in [0.2, 0.25) is 5.91 Å². The molecule has 2 rings (SSSR count). The van der Waals surface area contributed by atoms with Crippen molar-refractivity contribution in [3.05, 3.63) is 29.8 Å². The summed E-state index contributed by atoms with van der Waals surface area (Å²) in [7, 11) is 1.71. The van der Waals surface area contributed by atoms with Gasteiger partial charge in [0.05, 0.1) is 11.6 Å². The fraction of sp³-hybridized carbons (Fsp3) is 0.308. The number of rotatable bonds is 3. The third kappa shape index (κ3) is 3.01. The van der Waals surface area contributed by atoms with E-state index in [2.05, 4.69) is 5.32 Å². The normalized spacial score (nSPS) is 14.4. The topological polar surface area (TPSA) is 76.4 Å². The molecule has 0 atom stereocenters. The van der Waals surface area contributed by atoms with E-state index in [1.54, 1.807) is 36.2 Å². The minimum absolute atomic E-state index is 0.0448. The van der Waals surface area contributed by atoms with Gasteiger partial charge in [-0.15, -0.1) is 0 Å². The Bertz CT molecular complexity index is 533. The molecule has 0 bridgehead atoms. The van der Waals surface area contributed by atoms with Gasteiger partial charge in [-0.05, 0) is 24.3 Å². The highest BCUT2D eigenvalue weighted by atomic mass is 16.2. The molecule has 1 aliphatic heterocycles. The maximum absolute atomic E-state index is 11.8. The van der Waals surface area contributed by atoms with E-state index in [-0.39, 0.29) is 18.5 Å². The second kappa shape index (κ2) is 5.40. The summed E-state index contributed by atoms with van der Waals surface area (Å²) < 4.78 is 0. The number of nitrogens with zero attached hydrogens (tertiary/aromatic N) is 3. The van der Waals surface area contributed by atoms with Crippen LogP contribution in [0.5, 0.6) is 0 Å². The van der Waals surface area contributed by atoms with Gasteiger partial charge in [0.15, 0.2) is 0 Å². The number of hydrogen-bond donors (Lipinski definition) is 1. The van der Waals surface area contributed by atoms with Gasteiger partial charge in [0.1, 0.15) is 6.54 Å². The molecule has 3 amide bonds. The molecule has 0 spiro atoms. The Kier molecular flexibility index (Phi) is 3.66. The molecule has 1 N–H and O–H groups in total. The fourth-order valence-electron chi connectivity index (χ4n) is 1.85. The van der Waals surface area contributed by atoms with Crippen molar-refractivity contribution in [3.63, 3.8) is 0 Å². The van der Waals surface area contributed by atoms with Crippen LogP contribution >= 0.6 is 0 Å². The van der Waals surface area contributed by atoms with Crippen LogP contribution in [0.1, 0.15) is 5.56 Å². The van der Waals surface area contributed by atoms with Crippen molar-refractivity contribution < 1.29 is 9.59 Å². The molecule has 0 saturated carbocycles. The molecule has 98 valence electrons. The van der Waals surface area contributed by atoms with Crippen molar-refractivity contribution in [2.45, 2.75) is 0 Å². The van der Waals surface area contributed by atoms with Crippen molar-refractivity contribution in [2.75, 3.05) is 32.0 Å². The summed E-state index contributed by atoms with van der Waals surface area (Å²) in [6.07, 6.45) is 0. The Labute approximate surface area is 111 Å². The van der Waals surface area contributed by atoms with Gasteiger partial charge >= 0.3 is 6.03 Å². The Morgan fingerprint density at radius 2 is 2.05 bits per heavy atom. The molecular formula is C13H14N4O2. The molecule has 6 heteroatoms. The molecule has 1 aromatic carbocycles. The number of nitriles is 1. The highest BCUT2D eigenvalue weighted by Crippen LogP contribution is 2.10. The van der Waals surface area contributed by atoms with Gasteiger partial charge in [0.25, 0.3) is 0 Å². The first-order chi connectivity index (χ1) is 9.10. The van der Waals surface area contributed by atoms with Crippen LogP contribution in [-0.2, 0) is 4.79 Å². The van der Waals surface area contributed by atoms with Crippen LogP contribution in [0.25, 0.3) is 0 Å². The largest absolute Gasteiger partial charge is 0.326 e. The lowest BCUT2D eigenvalue weighted by Crippen LogP contribution is -2.36. The third-order valence-corrected chi connectivity index (χ3v) is 2.93. The number of carbonyl (C=O) groups is 2. The summed E-state index contributed by atoms with van der Waals surface area (Å²) in [5.74, 6) is -0.242. The van der Waals surface area contributed by atoms with Gasteiger partial charge in [-0.25, -0.2) is 4.79 Å². The summed E-state index contributed by atoms with van der Waals surface area (Å²) in [4.78, 5) is 26.5. The number of benzene rings is 1. The summed E-state index contributed by atoms with van der Waals surface area (Å²) >= 11 is 0. The molecule has 1 heterocycles. The maximum atomic E-state index is 11.8. The number of carbonyl (C=O) groups excluding carboxylic acids is 2. The van der Waals surface area contributed by atoms with Crippen LogP contribution in [0.3, 0.4) is 0 Å². The summed E-state index contributed by atoms with van der Waals surface area (Å²) in [5.41, 5.74) is 1.15. The van der Waals surface area contributed by atoms with E-state index in [0.717, 1.165) is 0 Å². The van der Waals surface area contributed by atoms with E-state index in [1.165, 1.54) is 4.90 Å². The van der Waals surface area contributed by atoms with Crippen LogP contribution in [0.4, 0.5) is 10.5 Å². The molecule has 1 fully saturated rings. The molecule has 19 heavy (non-hydrogen) atoms. The minimum atomic E-state index is -0.242. The molecule has 6 nitrogen and oxygen atoms in total. The maximum Gasteiger partial charge on any atom is 0.320 e. The number of likely N-dealkylation sites (N-methyl/N-ethyl adjacent to an activating group) is 1. The minimum Gasteiger partial charge on any atom is -0.326 e. The van der Waals surface area contributed by atoms with Gasteiger partial charge < -0.3 is 15.1 Å². The Morgan fingerprint density at radius 3 is 2.58 bits per heavy atom. The van der Waals surface area contributed by atoms with Crippen molar-refractivity contribution in [1.82, 2.24) is 9.80 Å². The van der Waals surface area contributed by atoms with E-state index in [0.29, 0.717) is 24.3 Å². The number of nitrogens with one attached hydrogen (secondary N) is 1. The molecule has 0 radical (unpaired) electrons. The van der Waals surface area contributed by atoms with Gasteiger partial charge in [-0.1, -0.05) is 0 Å². The Balaban J connectivity index is 1.91. The van der Waals surface area contributed by atoms with E-state index in [1.807, 2.05) is 6.07 Å². The highest BCUT2D eigenvalue weighted by Gasteiger charge is 2.26. The molecule has 1 aromatic rings. The van der Waals surface area contributed by atoms with Crippen LogP contribution in [0.15, 0.2) is 24.3 Å². The van der Waals surface area contributed by atoms with Crippen LogP contribution in [-0.4, -0.2) is 48.4 Å². The SMILES string of the molecule is CN1CCN(CC(=O)Nc2ccc(C#N)cc2)C1=O. The second-order valence-corrected chi connectivity index (χ2v) is 4.36. The summed E-state index contributed by atoms with van der Waals surface area (Å²) in [5, 5.41) is 11.4. The second-order valence-electron chi connectivity index (χ2n) is 4.36. The summed E-state index contributed by atoms with van der Waals surface area (Å²) in [6, 6.07) is 8.46. The lowest BCUT2D eigenvalue weighted by molar-refractivity contribution is -0.116. The summed E-state index contributed by atoms with van der Waals surface area (Å²) in [6.45, 7) is 1.25. The molecule has 0 unspecified atom stereocenters. The van der Waals surface area contributed by atoms with E-state index in [9.17, 15) is 9.59 Å². The molecule has 0 aliphatic carbocycles.